The lowest BCUT2D eigenvalue weighted by Gasteiger charge is -2.18. The highest BCUT2D eigenvalue weighted by molar-refractivity contribution is 8.00. The third-order valence-electron chi connectivity index (χ3n) is 4.97. The zero-order chi connectivity index (χ0) is 21.0. The van der Waals surface area contributed by atoms with Crippen LogP contribution in [-0.4, -0.2) is 36.3 Å². The molecule has 1 saturated heterocycles. The molecule has 1 aromatic carbocycles. The molecule has 0 unspecified atom stereocenters. The number of esters is 1. The number of hydrogen-bond acceptors (Lipinski definition) is 6. The molecule has 2 heterocycles. The van der Waals surface area contributed by atoms with Gasteiger partial charge in [0.1, 0.15) is 5.82 Å². The number of aromatic nitrogens is 1. The van der Waals surface area contributed by atoms with E-state index >= 15 is 0 Å². The Morgan fingerprint density at radius 1 is 1.24 bits per heavy atom. The number of carbonyl (C=O) groups excluding carboxylic acids is 2. The number of ether oxygens (including phenoxy) is 1. The summed E-state index contributed by atoms with van der Waals surface area (Å²) in [4.78, 5) is 29.8. The Labute approximate surface area is 176 Å². The zero-order valence-electron chi connectivity index (χ0n) is 17.4. The lowest BCUT2D eigenvalue weighted by molar-refractivity contribution is 0.0600. The van der Waals surface area contributed by atoms with Crippen LogP contribution in [0.2, 0.25) is 0 Å². The molecule has 1 aliphatic heterocycles. The molecule has 0 saturated carbocycles. The van der Waals surface area contributed by atoms with Gasteiger partial charge in [0.2, 0.25) is 0 Å². The lowest BCUT2D eigenvalue weighted by atomic mass is 10.0. The number of aryl methyl sites for hydroxylation is 2. The van der Waals surface area contributed by atoms with E-state index in [1.807, 2.05) is 32.0 Å². The zero-order valence-corrected chi connectivity index (χ0v) is 18.2. The summed E-state index contributed by atoms with van der Waals surface area (Å²) < 4.78 is 6.99. The average Bonchev–Trinajstić information content (AvgIpc) is 3.24. The maximum absolute atomic E-state index is 13.1. The van der Waals surface area contributed by atoms with Crippen molar-refractivity contribution < 1.29 is 14.3 Å². The quantitative estimate of drug-likeness (QED) is 0.553. The van der Waals surface area contributed by atoms with E-state index in [9.17, 15) is 9.59 Å². The van der Waals surface area contributed by atoms with Gasteiger partial charge in [0.25, 0.3) is 5.91 Å². The Morgan fingerprint density at radius 2 is 2.03 bits per heavy atom. The van der Waals surface area contributed by atoms with Gasteiger partial charge in [0.05, 0.1) is 12.7 Å². The molecular weight excluding hydrogens is 386 g/mol. The van der Waals surface area contributed by atoms with Gasteiger partial charge in [-0.05, 0) is 74.0 Å². The van der Waals surface area contributed by atoms with Gasteiger partial charge in [0.15, 0.2) is 0 Å². The van der Waals surface area contributed by atoms with Crippen molar-refractivity contribution in [3.05, 3.63) is 52.2 Å². The molecule has 6 nitrogen and oxygen atoms in total. The van der Waals surface area contributed by atoms with Crippen molar-refractivity contribution in [2.45, 2.75) is 40.0 Å². The van der Waals surface area contributed by atoms with Gasteiger partial charge in [-0.25, -0.2) is 9.78 Å². The van der Waals surface area contributed by atoms with Crippen molar-refractivity contribution in [1.29, 1.82) is 0 Å². The molecule has 1 aliphatic rings. The van der Waals surface area contributed by atoms with Crippen LogP contribution in [0, 0.1) is 13.8 Å². The second-order valence-electron chi connectivity index (χ2n) is 7.14. The minimum Gasteiger partial charge on any atom is -0.465 e. The maximum atomic E-state index is 13.1. The summed E-state index contributed by atoms with van der Waals surface area (Å²) in [7, 11) is 1.36. The first-order chi connectivity index (χ1) is 13.9. The first kappa shape index (κ1) is 21.2. The van der Waals surface area contributed by atoms with E-state index in [1.54, 1.807) is 18.0 Å². The molecule has 7 heteroatoms. The average molecular weight is 414 g/mol. The van der Waals surface area contributed by atoms with E-state index in [0.717, 1.165) is 54.2 Å². The Kier molecular flexibility index (Phi) is 6.79. The smallest absolute Gasteiger partial charge is 0.337 e. The van der Waals surface area contributed by atoms with Crippen molar-refractivity contribution >= 4 is 35.3 Å². The number of rotatable bonds is 6. The van der Waals surface area contributed by atoms with E-state index in [2.05, 4.69) is 21.5 Å². The Bertz CT molecular complexity index is 924. The van der Waals surface area contributed by atoms with Crippen LogP contribution in [0.15, 0.2) is 24.3 Å². The topological polar surface area (TPSA) is 71.5 Å². The highest BCUT2D eigenvalue weighted by atomic mass is 32.2. The molecular formula is C22H27N3O3S. The minimum atomic E-state index is -0.414. The third-order valence-corrected chi connectivity index (χ3v) is 6.12. The number of amides is 1. The summed E-state index contributed by atoms with van der Waals surface area (Å²) in [5, 5.41) is 2.96. The Hall–Kier alpha value is -2.54. The van der Waals surface area contributed by atoms with Crippen LogP contribution in [-0.2, 0) is 11.2 Å². The van der Waals surface area contributed by atoms with E-state index < -0.39 is 5.97 Å². The van der Waals surface area contributed by atoms with Gasteiger partial charge in [-0.1, -0.05) is 13.3 Å². The van der Waals surface area contributed by atoms with Crippen LogP contribution in [0.1, 0.15) is 57.3 Å². The van der Waals surface area contributed by atoms with Crippen molar-refractivity contribution in [3.63, 3.8) is 0 Å². The summed E-state index contributed by atoms with van der Waals surface area (Å²) in [6.45, 7) is 6.84. The number of anilines is 2. The highest BCUT2D eigenvalue weighted by Gasteiger charge is 2.20. The van der Waals surface area contributed by atoms with Crippen molar-refractivity contribution in [2.75, 3.05) is 29.0 Å². The summed E-state index contributed by atoms with van der Waals surface area (Å²) in [6.07, 6.45) is 2.87. The van der Waals surface area contributed by atoms with Crippen LogP contribution >= 0.6 is 11.9 Å². The van der Waals surface area contributed by atoms with E-state index in [4.69, 9.17) is 4.74 Å². The molecule has 1 amide bonds. The molecule has 1 fully saturated rings. The summed E-state index contributed by atoms with van der Waals surface area (Å²) in [6, 6.07) is 7.24. The fourth-order valence-electron chi connectivity index (χ4n) is 3.34. The molecule has 0 radical (unpaired) electrons. The molecule has 154 valence electrons. The minimum absolute atomic E-state index is 0.206. The van der Waals surface area contributed by atoms with Crippen LogP contribution < -0.4 is 9.62 Å². The van der Waals surface area contributed by atoms with Crippen LogP contribution in [0.3, 0.4) is 0 Å². The van der Waals surface area contributed by atoms with Crippen molar-refractivity contribution in [2.24, 2.45) is 0 Å². The number of hydrogen-bond donors (Lipinski definition) is 1. The molecule has 2 aromatic rings. The fraction of sp³-hybridized carbons (Fsp3) is 0.409. The maximum Gasteiger partial charge on any atom is 0.337 e. The van der Waals surface area contributed by atoms with Gasteiger partial charge in [-0.15, -0.1) is 0 Å². The first-order valence-corrected chi connectivity index (χ1v) is 10.8. The monoisotopic (exact) mass is 413 g/mol. The van der Waals surface area contributed by atoms with E-state index in [-0.39, 0.29) is 5.91 Å². The van der Waals surface area contributed by atoms with Gasteiger partial charge in [-0.2, -0.15) is 0 Å². The normalized spacial score (nSPS) is 13.4. The van der Waals surface area contributed by atoms with Crippen molar-refractivity contribution in [1.82, 2.24) is 4.98 Å². The standard InChI is InChI=1S/C22H27N3O3S/c1-5-7-16-10-17(22(27)28-4)12-18(11-16)24-21(26)19-13-20(23-15(3)14(19)2)25-8-6-9-29-25/h10-13H,5-9H2,1-4H3,(H,24,26). The molecule has 0 atom stereocenters. The predicted octanol–water partition coefficient (Wildman–Crippen LogP) is 4.55. The highest BCUT2D eigenvalue weighted by Crippen LogP contribution is 2.29. The second-order valence-corrected chi connectivity index (χ2v) is 8.25. The summed E-state index contributed by atoms with van der Waals surface area (Å²) in [5.74, 6) is 1.26. The summed E-state index contributed by atoms with van der Waals surface area (Å²) in [5.41, 5.74) is 4.31. The van der Waals surface area contributed by atoms with Gasteiger partial charge in [-0.3, -0.25) is 4.79 Å². The molecule has 0 aliphatic carbocycles. The van der Waals surface area contributed by atoms with Gasteiger partial charge < -0.3 is 14.4 Å². The number of nitrogens with one attached hydrogen (secondary N) is 1. The SMILES string of the molecule is CCCc1cc(NC(=O)c2cc(N3CCCS3)nc(C)c2C)cc(C(=O)OC)c1. The largest absolute Gasteiger partial charge is 0.465 e. The Balaban J connectivity index is 1.91. The van der Waals surface area contributed by atoms with Gasteiger partial charge in [0, 0.05) is 29.2 Å². The molecule has 29 heavy (non-hydrogen) atoms. The molecule has 1 N–H and O–H groups in total. The number of nitrogens with zero attached hydrogens (tertiary/aromatic N) is 2. The Morgan fingerprint density at radius 3 is 2.69 bits per heavy atom. The second kappa shape index (κ2) is 9.31. The molecule has 3 rings (SSSR count). The van der Waals surface area contributed by atoms with Crippen LogP contribution in [0.4, 0.5) is 11.5 Å². The van der Waals surface area contributed by atoms with Gasteiger partial charge >= 0.3 is 5.97 Å². The fourth-order valence-corrected chi connectivity index (χ4v) is 4.31. The first-order valence-electron chi connectivity index (χ1n) is 9.85. The number of benzene rings is 1. The van der Waals surface area contributed by atoms with Crippen molar-refractivity contribution in [3.8, 4) is 0 Å². The lowest BCUT2D eigenvalue weighted by Crippen LogP contribution is -2.18. The molecule has 0 spiro atoms. The number of methoxy groups -OCH3 is 1. The number of pyridine rings is 1. The predicted molar refractivity (Wildman–Crippen MR) is 118 cm³/mol. The molecule has 1 aromatic heterocycles. The van der Waals surface area contributed by atoms with Crippen LogP contribution in [0.25, 0.3) is 0 Å². The number of carbonyl (C=O) groups is 2. The van der Waals surface area contributed by atoms with Crippen LogP contribution in [0.5, 0.6) is 0 Å². The molecule has 0 bridgehead atoms. The van der Waals surface area contributed by atoms with E-state index in [1.165, 1.54) is 7.11 Å². The third kappa shape index (κ3) is 4.90. The summed E-state index contributed by atoms with van der Waals surface area (Å²) >= 11 is 1.74. The van der Waals surface area contributed by atoms with E-state index in [0.29, 0.717) is 16.8 Å².